The number of aliphatic hydroxyl groups is 1. The maximum atomic E-state index is 12.9. The highest BCUT2D eigenvalue weighted by Gasteiger charge is 2.16. The summed E-state index contributed by atoms with van der Waals surface area (Å²) in [6.07, 6.45) is -0.896. The number of nitrogens with zero attached hydrogens (tertiary/aromatic N) is 1. The van der Waals surface area contributed by atoms with Gasteiger partial charge in [-0.3, -0.25) is 0 Å². The first kappa shape index (κ1) is 10.9. The van der Waals surface area contributed by atoms with Crippen molar-refractivity contribution < 1.29 is 19.4 Å². The van der Waals surface area contributed by atoms with Crippen LogP contribution in [-0.2, 0) is 11.2 Å². The van der Waals surface area contributed by atoms with E-state index in [2.05, 4.69) is 4.98 Å². The fourth-order valence-corrected chi connectivity index (χ4v) is 1.08. The van der Waals surface area contributed by atoms with Gasteiger partial charge < -0.3 is 10.2 Å². The minimum atomic E-state index is -1.65. The van der Waals surface area contributed by atoms with Gasteiger partial charge in [0.2, 0.25) is 5.95 Å². The van der Waals surface area contributed by atoms with Crippen LogP contribution in [0.2, 0.25) is 5.02 Å². The van der Waals surface area contributed by atoms with Gasteiger partial charge >= 0.3 is 5.97 Å². The normalized spacial score (nSPS) is 12.5. The molecule has 2 N–H and O–H groups in total. The maximum Gasteiger partial charge on any atom is 0.332 e. The first-order valence-corrected chi connectivity index (χ1v) is 4.09. The lowest BCUT2D eigenvalue weighted by Gasteiger charge is -2.05. The van der Waals surface area contributed by atoms with Gasteiger partial charge in [-0.1, -0.05) is 11.6 Å². The van der Waals surface area contributed by atoms with Crippen LogP contribution < -0.4 is 0 Å². The van der Waals surface area contributed by atoms with Crippen LogP contribution in [0.4, 0.5) is 4.39 Å². The molecule has 6 heteroatoms. The van der Waals surface area contributed by atoms with Crippen LogP contribution in [0.25, 0.3) is 0 Å². The molecule has 4 nitrogen and oxygen atoms in total. The van der Waals surface area contributed by atoms with Crippen LogP contribution in [0, 0.1) is 5.95 Å². The molecular weight excluding hydrogens is 213 g/mol. The number of hydrogen-bond acceptors (Lipinski definition) is 3. The van der Waals surface area contributed by atoms with Crippen LogP contribution in [0.15, 0.2) is 12.3 Å². The first-order chi connectivity index (χ1) is 6.50. The maximum absolute atomic E-state index is 12.9. The topological polar surface area (TPSA) is 70.4 Å². The van der Waals surface area contributed by atoms with Crippen LogP contribution in [0.5, 0.6) is 0 Å². The summed E-state index contributed by atoms with van der Waals surface area (Å²) in [6, 6.07) is 1.23. The Hall–Kier alpha value is -1.20. The minimum Gasteiger partial charge on any atom is -0.479 e. The number of carboxylic acids is 1. The van der Waals surface area contributed by atoms with Crippen molar-refractivity contribution in [2.75, 3.05) is 0 Å². The molecule has 0 aliphatic carbocycles. The average Bonchev–Trinajstić information content (AvgIpc) is 2.11. The number of carbonyl (C=O) groups is 1. The molecule has 0 aliphatic heterocycles. The molecule has 0 aliphatic rings. The molecule has 1 aromatic rings. The summed E-state index contributed by atoms with van der Waals surface area (Å²) in [4.78, 5) is 13.6. The van der Waals surface area contributed by atoms with Gasteiger partial charge in [0.1, 0.15) is 0 Å². The highest BCUT2D eigenvalue weighted by molar-refractivity contribution is 6.30. The van der Waals surface area contributed by atoms with Crippen molar-refractivity contribution in [1.29, 1.82) is 0 Å². The molecular formula is C8H7ClFNO3. The van der Waals surface area contributed by atoms with E-state index in [1.165, 1.54) is 6.07 Å². The van der Waals surface area contributed by atoms with E-state index in [1.54, 1.807) is 0 Å². The van der Waals surface area contributed by atoms with E-state index in [4.69, 9.17) is 21.8 Å². The number of aliphatic carboxylic acids is 1. The minimum absolute atomic E-state index is 0.0209. The summed E-state index contributed by atoms with van der Waals surface area (Å²) in [5, 5.41) is 17.5. The van der Waals surface area contributed by atoms with Crippen LogP contribution >= 0.6 is 11.6 Å². The fraction of sp³-hybridized carbons (Fsp3) is 0.250. The fourth-order valence-electron chi connectivity index (χ4n) is 0.903. The number of hydrogen-bond donors (Lipinski definition) is 2. The Morgan fingerprint density at radius 1 is 1.71 bits per heavy atom. The summed E-state index contributed by atoms with van der Waals surface area (Å²) < 4.78 is 12.9. The Balaban J connectivity index is 2.85. The zero-order valence-corrected chi connectivity index (χ0v) is 7.70. The Labute approximate surface area is 84.0 Å². The first-order valence-electron chi connectivity index (χ1n) is 3.71. The smallest absolute Gasteiger partial charge is 0.332 e. The van der Waals surface area contributed by atoms with E-state index in [9.17, 15) is 9.18 Å². The van der Waals surface area contributed by atoms with Gasteiger partial charge in [-0.25, -0.2) is 9.78 Å². The van der Waals surface area contributed by atoms with Crippen LogP contribution in [0.3, 0.4) is 0 Å². The number of carboxylic acid groups (broad SMARTS) is 1. The molecule has 0 bridgehead atoms. The number of aliphatic hydroxyl groups excluding tert-OH is 1. The zero-order chi connectivity index (χ0) is 10.7. The van der Waals surface area contributed by atoms with Crippen molar-refractivity contribution >= 4 is 17.6 Å². The SMILES string of the molecule is O=C(O)C(O)Cc1cc(Cl)cnc1F. The Morgan fingerprint density at radius 3 is 2.93 bits per heavy atom. The monoisotopic (exact) mass is 219 g/mol. The summed E-state index contributed by atoms with van der Waals surface area (Å²) in [5.74, 6) is -2.24. The van der Waals surface area contributed by atoms with Gasteiger partial charge in [-0.15, -0.1) is 0 Å². The second-order valence-electron chi connectivity index (χ2n) is 2.66. The molecule has 1 aromatic heterocycles. The molecule has 0 spiro atoms. The van der Waals surface area contributed by atoms with Crippen LogP contribution in [0.1, 0.15) is 5.56 Å². The number of pyridine rings is 1. The Bertz CT molecular complexity index is 358. The average molecular weight is 220 g/mol. The third-order valence-corrected chi connectivity index (χ3v) is 1.78. The second kappa shape index (κ2) is 4.34. The van der Waals surface area contributed by atoms with Gasteiger partial charge in [0.05, 0.1) is 5.02 Å². The van der Waals surface area contributed by atoms with E-state index in [-0.39, 0.29) is 17.0 Å². The molecule has 1 heterocycles. The van der Waals surface area contributed by atoms with Gasteiger partial charge in [0.15, 0.2) is 6.10 Å². The number of aromatic nitrogens is 1. The van der Waals surface area contributed by atoms with Gasteiger partial charge in [0, 0.05) is 18.2 Å². The highest BCUT2D eigenvalue weighted by atomic mass is 35.5. The van der Waals surface area contributed by atoms with Crippen molar-refractivity contribution in [2.45, 2.75) is 12.5 Å². The van der Waals surface area contributed by atoms with E-state index >= 15 is 0 Å². The quantitative estimate of drug-likeness (QED) is 0.740. The third kappa shape index (κ3) is 2.65. The molecule has 0 saturated carbocycles. The molecule has 0 aromatic carbocycles. The van der Waals surface area contributed by atoms with Crippen molar-refractivity contribution in [3.05, 3.63) is 28.8 Å². The van der Waals surface area contributed by atoms with Gasteiger partial charge in [-0.2, -0.15) is 4.39 Å². The van der Waals surface area contributed by atoms with Gasteiger partial charge in [-0.05, 0) is 6.07 Å². The Morgan fingerprint density at radius 2 is 2.36 bits per heavy atom. The van der Waals surface area contributed by atoms with Crippen LogP contribution in [-0.4, -0.2) is 27.3 Å². The second-order valence-corrected chi connectivity index (χ2v) is 3.10. The molecule has 0 radical (unpaired) electrons. The van der Waals surface area contributed by atoms with Crippen molar-refractivity contribution in [2.24, 2.45) is 0 Å². The van der Waals surface area contributed by atoms with Gasteiger partial charge in [0.25, 0.3) is 0 Å². The van der Waals surface area contributed by atoms with E-state index in [1.807, 2.05) is 0 Å². The third-order valence-electron chi connectivity index (χ3n) is 1.58. The summed E-state index contributed by atoms with van der Waals surface area (Å²) in [5.41, 5.74) is -0.0209. The molecule has 1 unspecified atom stereocenters. The molecule has 0 saturated heterocycles. The molecule has 0 amide bonds. The zero-order valence-electron chi connectivity index (χ0n) is 6.94. The highest BCUT2D eigenvalue weighted by Crippen LogP contribution is 2.13. The Kier molecular flexibility index (Phi) is 3.38. The number of rotatable bonds is 3. The molecule has 1 atom stereocenters. The summed E-state index contributed by atoms with van der Waals surface area (Å²) in [6.45, 7) is 0. The van der Waals surface area contributed by atoms with Crippen molar-refractivity contribution in [3.8, 4) is 0 Å². The predicted octanol–water partition coefficient (Wildman–Crippen LogP) is 0.862. The summed E-state index contributed by atoms with van der Waals surface area (Å²) >= 11 is 5.52. The lowest BCUT2D eigenvalue weighted by molar-refractivity contribution is -0.146. The molecule has 0 fully saturated rings. The van der Waals surface area contributed by atoms with E-state index in [0.29, 0.717) is 0 Å². The van der Waals surface area contributed by atoms with E-state index in [0.717, 1.165) is 6.20 Å². The lowest BCUT2D eigenvalue weighted by Crippen LogP contribution is -2.22. The number of halogens is 2. The van der Waals surface area contributed by atoms with Crippen molar-refractivity contribution in [3.63, 3.8) is 0 Å². The van der Waals surface area contributed by atoms with E-state index < -0.39 is 18.0 Å². The van der Waals surface area contributed by atoms with Crippen molar-refractivity contribution in [1.82, 2.24) is 4.98 Å². The molecule has 14 heavy (non-hydrogen) atoms. The standard InChI is InChI=1S/C8H7ClFNO3/c9-5-1-4(7(10)11-3-5)2-6(12)8(13)14/h1,3,6,12H,2H2,(H,13,14). The summed E-state index contributed by atoms with van der Waals surface area (Å²) in [7, 11) is 0. The largest absolute Gasteiger partial charge is 0.479 e. The molecule has 76 valence electrons. The molecule has 1 rings (SSSR count). The lowest BCUT2D eigenvalue weighted by atomic mass is 10.1. The predicted molar refractivity (Wildman–Crippen MR) is 46.6 cm³/mol.